The number of hydrogen-bond donors (Lipinski definition) is 2. The second-order valence-corrected chi connectivity index (χ2v) is 7.22. The monoisotopic (exact) mass is 302 g/mol. The molecule has 6 heteroatoms. The van der Waals surface area contributed by atoms with Crippen LogP contribution < -0.4 is 10.0 Å². The number of hydrogen-bond acceptors (Lipinski definition) is 3. The third-order valence-corrected chi connectivity index (χ3v) is 4.24. The molecular formula is C14H23FN2O2S. The van der Waals surface area contributed by atoms with Crippen LogP contribution in [-0.2, 0) is 16.6 Å². The first-order valence-electron chi connectivity index (χ1n) is 6.67. The summed E-state index contributed by atoms with van der Waals surface area (Å²) < 4.78 is 39.6. The standard InChI is InChI=1S/C14H23FN2O2S/c1-10(2)16-5-6-20(18,19)17-9-13-7-11(3)14(15)12(4)8-13/h7-8,10,16-17H,5-6,9H2,1-4H3. The molecule has 0 amide bonds. The lowest BCUT2D eigenvalue weighted by molar-refractivity contribution is 0.566. The van der Waals surface area contributed by atoms with Crippen LogP contribution in [0.3, 0.4) is 0 Å². The molecule has 114 valence electrons. The van der Waals surface area contributed by atoms with Crippen molar-refractivity contribution in [2.24, 2.45) is 0 Å². The van der Waals surface area contributed by atoms with Crippen molar-refractivity contribution in [3.05, 3.63) is 34.6 Å². The first-order valence-corrected chi connectivity index (χ1v) is 8.33. The van der Waals surface area contributed by atoms with Gasteiger partial charge in [0.15, 0.2) is 0 Å². The van der Waals surface area contributed by atoms with E-state index in [4.69, 9.17) is 0 Å². The van der Waals surface area contributed by atoms with E-state index in [1.165, 1.54) is 0 Å². The van der Waals surface area contributed by atoms with Gasteiger partial charge in [-0.3, -0.25) is 0 Å². The molecule has 4 nitrogen and oxygen atoms in total. The highest BCUT2D eigenvalue weighted by molar-refractivity contribution is 7.89. The van der Waals surface area contributed by atoms with Crippen LogP contribution in [0, 0.1) is 19.7 Å². The predicted octanol–water partition coefficient (Wildman–Crippen LogP) is 1.86. The van der Waals surface area contributed by atoms with E-state index in [1.807, 2.05) is 13.8 Å². The van der Waals surface area contributed by atoms with Crippen LogP contribution in [0.15, 0.2) is 12.1 Å². The molecule has 0 aromatic heterocycles. The van der Waals surface area contributed by atoms with Gasteiger partial charge in [0, 0.05) is 19.1 Å². The highest BCUT2D eigenvalue weighted by Gasteiger charge is 2.11. The van der Waals surface area contributed by atoms with Crippen LogP contribution in [0.1, 0.15) is 30.5 Å². The summed E-state index contributed by atoms with van der Waals surface area (Å²) in [5, 5.41) is 3.06. The van der Waals surface area contributed by atoms with Crippen molar-refractivity contribution in [3.8, 4) is 0 Å². The summed E-state index contributed by atoms with van der Waals surface area (Å²) in [7, 11) is -3.32. The molecule has 1 aromatic rings. The minimum absolute atomic E-state index is 0.0321. The van der Waals surface area contributed by atoms with Gasteiger partial charge in [-0.05, 0) is 30.5 Å². The van der Waals surface area contributed by atoms with Gasteiger partial charge in [0.05, 0.1) is 5.75 Å². The van der Waals surface area contributed by atoms with Gasteiger partial charge in [-0.2, -0.15) is 0 Å². The normalized spacial score (nSPS) is 12.1. The molecule has 0 unspecified atom stereocenters. The van der Waals surface area contributed by atoms with Gasteiger partial charge >= 0.3 is 0 Å². The Labute approximate surface area is 120 Å². The van der Waals surface area contributed by atoms with E-state index in [9.17, 15) is 12.8 Å². The Morgan fingerprint density at radius 2 is 1.75 bits per heavy atom. The maximum absolute atomic E-state index is 13.5. The summed E-state index contributed by atoms with van der Waals surface area (Å²) in [6, 6.07) is 3.58. The van der Waals surface area contributed by atoms with Crippen molar-refractivity contribution in [1.29, 1.82) is 0 Å². The van der Waals surface area contributed by atoms with E-state index in [0.717, 1.165) is 5.56 Å². The van der Waals surface area contributed by atoms with Crippen LogP contribution in [0.25, 0.3) is 0 Å². The fourth-order valence-corrected chi connectivity index (χ4v) is 2.80. The zero-order valence-electron chi connectivity index (χ0n) is 12.5. The molecule has 0 atom stereocenters. The SMILES string of the molecule is Cc1cc(CNS(=O)(=O)CCNC(C)C)cc(C)c1F. The molecule has 0 spiro atoms. The molecule has 0 radical (unpaired) electrons. The van der Waals surface area contributed by atoms with Gasteiger partial charge in [-0.1, -0.05) is 26.0 Å². The molecule has 0 saturated heterocycles. The summed E-state index contributed by atoms with van der Waals surface area (Å²) >= 11 is 0. The molecule has 20 heavy (non-hydrogen) atoms. The van der Waals surface area contributed by atoms with Crippen molar-refractivity contribution < 1.29 is 12.8 Å². The van der Waals surface area contributed by atoms with Gasteiger partial charge in [-0.25, -0.2) is 17.5 Å². The number of rotatable bonds is 7. The van der Waals surface area contributed by atoms with E-state index in [1.54, 1.807) is 26.0 Å². The number of halogens is 1. The summed E-state index contributed by atoms with van der Waals surface area (Å²) in [4.78, 5) is 0. The van der Waals surface area contributed by atoms with Gasteiger partial charge in [0.25, 0.3) is 0 Å². The molecule has 0 aliphatic carbocycles. The first kappa shape index (κ1) is 17.1. The average Bonchev–Trinajstić information content (AvgIpc) is 2.32. The quantitative estimate of drug-likeness (QED) is 0.808. The molecule has 0 heterocycles. The molecule has 1 rings (SSSR count). The summed E-state index contributed by atoms with van der Waals surface area (Å²) in [5.74, 6) is -0.206. The largest absolute Gasteiger partial charge is 0.313 e. The van der Waals surface area contributed by atoms with E-state index in [-0.39, 0.29) is 24.2 Å². The maximum atomic E-state index is 13.5. The molecule has 0 aliphatic rings. The number of sulfonamides is 1. The van der Waals surface area contributed by atoms with Crippen molar-refractivity contribution in [3.63, 3.8) is 0 Å². The van der Waals surface area contributed by atoms with Crippen LogP contribution in [-0.4, -0.2) is 26.8 Å². The van der Waals surface area contributed by atoms with E-state index >= 15 is 0 Å². The molecule has 0 bridgehead atoms. The topological polar surface area (TPSA) is 58.2 Å². The Morgan fingerprint density at radius 1 is 1.20 bits per heavy atom. The van der Waals surface area contributed by atoms with Crippen LogP contribution in [0.4, 0.5) is 4.39 Å². The lowest BCUT2D eigenvalue weighted by Gasteiger charge is -2.11. The Kier molecular flexibility index (Phi) is 6.10. The van der Waals surface area contributed by atoms with E-state index in [2.05, 4.69) is 10.0 Å². The minimum atomic E-state index is -3.32. The van der Waals surface area contributed by atoms with Crippen molar-refractivity contribution >= 4 is 10.0 Å². The third kappa shape index (κ3) is 5.56. The van der Waals surface area contributed by atoms with Gasteiger partial charge in [-0.15, -0.1) is 0 Å². The number of benzene rings is 1. The smallest absolute Gasteiger partial charge is 0.213 e. The fraction of sp³-hybridized carbons (Fsp3) is 0.571. The van der Waals surface area contributed by atoms with E-state index in [0.29, 0.717) is 17.7 Å². The highest BCUT2D eigenvalue weighted by atomic mass is 32.2. The Balaban J connectivity index is 2.58. The lowest BCUT2D eigenvalue weighted by atomic mass is 10.1. The first-order chi connectivity index (χ1) is 9.21. The summed E-state index contributed by atoms with van der Waals surface area (Å²) in [6.07, 6.45) is 0. The third-order valence-electron chi connectivity index (χ3n) is 2.92. The fourth-order valence-electron chi connectivity index (χ4n) is 1.89. The average molecular weight is 302 g/mol. The van der Waals surface area contributed by atoms with Crippen LogP contribution >= 0.6 is 0 Å². The van der Waals surface area contributed by atoms with Gasteiger partial charge in [0.1, 0.15) is 5.82 Å². The van der Waals surface area contributed by atoms with Gasteiger partial charge in [0.2, 0.25) is 10.0 Å². The number of nitrogens with one attached hydrogen (secondary N) is 2. The van der Waals surface area contributed by atoms with Crippen molar-refractivity contribution in [2.45, 2.75) is 40.3 Å². The highest BCUT2D eigenvalue weighted by Crippen LogP contribution is 2.14. The predicted molar refractivity (Wildman–Crippen MR) is 79.6 cm³/mol. The van der Waals surface area contributed by atoms with E-state index < -0.39 is 10.0 Å². The number of aryl methyl sites for hydroxylation is 2. The molecule has 0 aliphatic heterocycles. The molecule has 1 aromatic carbocycles. The van der Waals surface area contributed by atoms with Crippen molar-refractivity contribution in [2.75, 3.05) is 12.3 Å². The van der Waals surface area contributed by atoms with Crippen molar-refractivity contribution in [1.82, 2.24) is 10.0 Å². The maximum Gasteiger partial charge on any atom is 0.213 e. The summed E-state index contributed by atoms with van der Waals surface area (Å²) in [5.41, 5.74) is 1.82. The van der Waals surface area contributed by atoms with Crippen LogP contribution in [0.2, 0.25) is 0 Å². The second-order valence-electron chi connectivity index (χ2n) is 5.29. The zero-order valence-corrected chi connectivity index (χ0v) is 13.3. The second kappa shape index (κ2) is 7.15. The van der Waals surface area contributed by atoms with Gasteiger partial charge < -0.3 is 5.32 Å². The molecule has 2 N–H and O–H groups in total. The Bertz CT molecular complexity index is 533. The molecule has 0 saturated carbocycles. The molecular weight excluding hydrogens is 279 g/mol. The molecule has 0 fully saturated rings. The minimum Gasteiger partial charge on any atom is -0.313 e. The van der Waals surface area contributed by atoms with Crippen LogP contribution in [0.5, 0.6) is 0 Å². The lowest BCUT2D eigenvalue weighted by Crippen LogP contribution is -2.34. The Hall–Kier alpha value is -0.980. The Morgan fingerprint density at radius 3 is 2.25 bits per heavy atom. The summed E-state index contributed by atoms with van der Waals surface area (Å²) in [6.45, 7) is 7.87. The zero-order chi connectivity index (χ0) is 15.3.